The number of nitrogens with one attached hydrogen (secondary N) is 2. The maximum absolute atomic E-state index is 12.4. The number of hydrogen-bond acceptors (Lipinski definition) is 6. The number of nitro groups is 1. The van der Waals surface area contributed by atoms with Crippen molar-refractivity contribution in [3.8, 4) is 11.5 Å². The first-order valence-electron chi connectivity index (χ1n) is 9.11. The Labute approximate surface area is 161 Å². The third kappa shape index (κ3) is 3.99. The normalized spacial score (nSPS) is 16.1. The lowest BCUT2D eigenvalue weighted by Gasteiger charge is -2.33. The molecule has 2 aromatic rings. The summed E-state index contributed by atoms with van der Waals surface area (Å²) in [6.45, 7) is 3.84. The largest absolute Gasteiger partial charge is 0.454 e. The second kappa shape index (κ2) is 7.73. The maximum atomic E-state index is 12.4. The molecular weight excluding hydrogens is 364 g/mol. The number of quaternary nitrogens is 1. The number of fused-ring (bicyclic) bond motifs is 1. The first-order chi connectivity index (χ1) is 13.6. The fraction of sp³-hybridized carbons (Fsp3) is 0.316. The summed E-state index contributed by atoms with van der Waals surface area (Å²) in [5.41, 5.74) is 1.75. The number of nitrogens with zero attached hydrogens (tertiary/aromatic N) is 2. The van der Waals surface area contributed by atoms with Crippen molar-refractivity contribution in [2.45, 2.75) is 0 Å². The van der Waals surface area contributed by atoms with Crippen molar-refractivity contribution < 1.29 is 24.1 Å². The van der Waals surface area contributed by atoms with Gasteiger partial charge in [0.2, 0.25) is 6.79 Å². The number of rotatable bonds is 5. The summed E-state index contributed by atoms with van der Waals surface area (Å²) in [5.74, 6) is 1.28. The lowest BCUT2D eigenvalue weighted by molar-refractivity contribution is -0.892. The van der Waals surface area contributed by atoms with E-state index in [1.807, 2.05) is 0 Å². The molecular formula is C19H21N4O5+. The van der Waals surface area contributed by atoms with E-state index in [0.29, 0.717) is 23.7 Å². The first kappa shape index (κ1) is 18.1. The lowest BCUT2D eigenvalue weighted by atomic mass is 10.2. The SMILES string of the molecule is O=C(C[NH+]1CCN(c2ccc([N+](=O)[O-])cc2)CC1)Nc1ccc2c(c1)OCO2. The van der Waals surface area contributed by atoms with Gasteiger partial charge in [0.25, 0.3) is 11.6 Å². The van der Waals surface area contributed by atoms with Crippen LogP contribution in [0.4, 0.5) is 17.1 Å². The molecule has 0 aliphatic carbocycles. The third-order valence-corrected chi connectivity index (χ3v) is 4.96. The van der Waals surface area contributed by atoms with Crippen LogP contribution >= 0.6 is 0 Å². The number of carbonyl (C=O) groups excluding carboxylic acids is 1. The lowest BCUT2D eigenvalue weighted by Crippen LogP contribution is -3.15. The molecule has 28 heavy (non-hydrogen) atoms. The first-order valence-corrected chi connectivity index (χ1v) is 9.11. The molecule has 2 aliphatic rings. The van der Waals surface area contributed by atoms with E-state index < -0.39 is 4.92 Å². The molecule has 2 N–H and O–H groups in total. The van der Waals surface area contributed by atoms with Crippen LogP contribution in [0.15, 0.2) is 42.5 Å². The summed E-state index contributed by atoms with van der Waals surface area (Å²) >= 11 is 0. The second-order valence-electron chi connectivity index (χ2n) is 6.80. The molecule has 146 valence electrons. The van der Waals surface area contributed by atoms with E-state index in [4.69, 9.17) is 9.47 Å². The minimum Gasteiger partial charge on any atom is -0.454 e. The molecule has 0 atom stereocenters. The van der Waals surface area contributed by atoms with Crippen LogP contribution in [0.1, 0.15) is 0 Å². The van der Waals surface area contributed by atoms with Gasteiger partial charge >= 0.3 is 0 Å². The smallest absolute Gasteiger partial charge is 0.279 e. The Morgan fingerprint density at radius 3 is 2.54 bits per heavy atom. The van der Waals surface area contributed by atoms with Crippen LogP contribution < -0.4 is 24.6 Å². The Morgan fingerprint density at radius 2 is 1.82 bits per heavy atom. The van der Waals surface area contributed by atoms with E-state index in [2.05, 4.69) is 10.2 Å². The van der Waals surface area contributed by atoms with E-state index in [9.17, 15) is 14.9 Å². The van der Waals surface area contributed by atoms with Crippen LogP contribution in [-0.2, 0) is 4.79 Å². The Bertz CT molecular complexity index is 878. The number of benzene rings is 2. The zero-order valence-corrected chi connectivity index (χ0v) is 15.2. The number of carbonyl (C=O) groups is 1. The van der Waals surface area contributed by atoms with E-state index >= 15 is 0 Å². The Kier molecular flexibility index (Phi) is 4.98. The number of anilines is 2. The number of amides is 1. The molecule has 0 bridgehead atoms. The van der Waals surface area contributed by atoms with Gasteiger partial charge in [-0.3, -0.25) is 14.9 Å². The molecule has 9 heteroatoms. The summed E-state index contributed by atoms with van der Waals surface area (Å²) < 4.78 is 10.6. The van der Waals surface area contributed by atoms with Gasteiger partial charge in [-0.2, -0.15) is 0 Å². The van der Waals surface area contributed by atoms with Gasteiger partial charge < -0.3 is 24.6 Å². The molecule has 1 fully saturated rings. The van der Waals surface area contributed by atoms with Crippen LogP contribution in [-0.4, -0.2) is 50.3 Å². The van der Waals surface area contributed by atoms with E-state index in [0.717, 1.165) is 31.9 Å². The van der Waals surface area contributed by atoms with Crippen molar-refractivity contribution in [1.29, 1.82) is 0 Å². The molecule has 1 saturated heterocycles. The number of nitro benzene ring substituents is 1. The average molecular weight is 385 g/mol. The highest BCUT2D eigenvalue weighted by atomic mass is 16.7. The van der Waals surface area contributed by atoms with Gasteiger partial charge in [-0.1, -0.05) is 0 Å². The molecule has 0 radical (unpaired) electrons. The number of non-ortho nitro benzene ring substituents is 1. The van der Waals surface area contributed by atoms with Crippen LogP contribution in [0, 0.1) is 10.1 Å². The molecule has 1 amide bonds. The van der Waals surface area contributed by atoms with Gasteiger partial charge in [0.05, 0.1) is 31.1 Å². The zero-order valence-electron chi connectivity index (χ0n) is 15.2. The predicted molar refractivity (Wildman–Crippen MR) is 102 cm³/mol. The van der Waals surface area contributed by atoms with Crippen LogP contribution in [0.3, 0.4) is 0 Å². The van der Waals surface area contributed by atoms with Crippen LogP contribution in [0.5, 0.6) is 11.5 Å². The summed E-state index contributed by atoms with van der Waals surface area (Å²) in [7, 11) is 0. The molecule has 2 aromatic carbocycles. The molecule has 2 aliphatic heterocycles. The fourth-order valence-electron chi connectivity index (χ4n) is 3.45. The average Bonchev–Trinajstić information content (AvgIpc) is 3.16. The van der Waals surface area contributed by atoms with E-state index in [1.54, 1.807) is 30.3 Å². The molecule has 0 saturated carbocycles. The quantitative estimate of drug-likeness (QED) is 0.580. The Hall–Kier alpha value is -3.33. The van der Waals surface area contributed by atoms with Gasteiger partial charge in [-0.25, -0.2) is 0 Å². The standard InChI is InChI=1S/C19H20N4O5/c24-19(20-14-1-6-17-18(11-14)28-13-27-17)12-21-7-9-22(10-8-21)15-2-4-16(5-3-15)23(25)26/h1-6,11H,7-10,12-13H2,(H,20,24)/p+1. The van der Waals surface area contributed by atoms with Crippen molar-refractivity contribution in [2.75, 3.05) is 49.7 Å². The molecule has 0 unspecified atom stereocenters. The summed E-state index contributed by atoms with van der Waals surface area (Å²) in [4.78, 5) is 26.1. The maximum Gasteiger partial charge on any atom is 0.279 e. The minimum absolute atomic E-state index is 0.0438. The highest BCUT2D eigenvalue weighted by Crippen LogP contribution is 2.34. The monoisotopic (exact) mass is 385 g/mol. The summed E-state index contributed by atoms with van der Waals surface area (Å²) in [5, 5.41) is 13.7. The Morgan fingerprint density at radius 1 is 1.11 bits per heavy atom. The van der Waals surface area contributed by atoms with Gasteiger partial charge in [0.15, 0.2) is 18.0 Å². The zero-order chi connectivity index (χ0) is 19.5. The molecule has 4 rings (SSSR count). The number of piperazine rings is 1. The second-order valence-corrected chi connectivity index (χ2v) is 6.80. The fourth-order valence-corrected chi connectivity index (χ4v) is 3.45. The predicted octanol–water partition coefficient (Wildman–Crippen LogP) is 0.667. The van der Waals surface area contributed by atoms with E-state index in [-0.39, 0.29) is 18.4 Å². The van der Waals surface area contributed by atoms with Crippen molar-refractivity contribution in [3.05, 3.63) is 52.6 Å². The molecule has 0 aromatic heterocycles. The van der Waals surface area contributed by atoms with Crippen molar-refractivity contribution in [2.24, 2.45) is 0 Å². The van der Waals surface area contributed by atoms with Gasteiger partial charge in [-0.05, 0) is 24.3 Å². The molecule has 9 nitrogen and oxygen atoms in total. The molecule has 2 heterocycles. The Balaban J connectivity index is 1.27. The van der Waals surface area contributed by atoms with Gasteiger partial charge in [-0.15, -0.1) is 0 Å². The molecule has 0 spiro atoms. The summed E-state index contributed by atoms with van der Waals surface area (Å²) in [6, 6.07) is 11.9. The van der Waals surface area contributed by atoms with Crippen molar-refractivity contribution in [1.82, 2.24) is 0 Å². The number of hydrogen-bond donors (Lipinski definition) is 2. The highest BCUT2D eigenvalue weighted by molar-refractivity contribution is 5.91. The summed E-state index contributed by atoms with van der Waals surface area (Å²) in [6.07, 6.45) is 0. The van der Waals surface area contributed by atoms with E-state index in [1.165, 1.54) is 17.0 Å². The highest BCUT2D eigenvalue weighted by Gasteiger charge is 2.23. The van der Waals surface area contributed by atoms with Crippen molar-refractivity contribution in [3.63, 3.8) is 0 Å². The van der Waals surface area contributed by atoms with Gasteiger partial charge in [0, 0.05) is 29.6 Å². The minimum atomic E-state index is -0.398. The number of ether oxygens (including phenoxy) is 2. The van der Waals surface area contributed by atoms with Gasteiger partial charge in [0.1, 0.15) is 0 Å². The van der Waals surface area contributed by atoms with Crippen LogP contribution in [0.25, 0.3) is 0 Å². The third-order valence-electron chi connectivity index (χ3n) is 4.96. The topological polar surface area (TPSA) is 98.4 Å². The van der Waals surface area contributed by atoms with Crippen LogP contribution in [0.2, 0.25) is 0 Å². The van der Waals surface area contributed by atoms with Crippen molar-refractivity contribution >= 4 is 23.0 Å².